The Balaban J connectivity index is 1.35. The van der Waals surface area contributed by atoms with Crippen LogP contribution in [0.15, 0.2) is 47.0 Å². The first kappa shape index (κ1) is 27.3. The first-order valence-corrected chi connectivity index (χ1v) is 13.5. The number of hydrogen-bond acceptors (Lipinski definition) is 6. The van der Waals surface area contributed by atoms with E-state index in [-0.39, 0.29) is 6.09 Å². The molecule has 0 saturated carbocycles. The zero-order valence-electron chi connectivity index (χ0n) is 22.9. The number of rotatable bonds is 8. The van der Waals surface area contributed by atoms with Gasteiger partial charge in [0.25, 0.3) is 0 Å². The van der Waals surface area contributed by atoms with Gasteiger partial charge in [0.2, 0.25) is 0 Å². The number of anilines is 1. The average Bonchev–Trinajstić information content (AvgIpc) is 3.31. The molecule has 200 valence electrons. The topological polar surface area (TPSA) is 91.4 Å². The maximum absolute atomic E-state index is 12.3. The number of amides is 1. The monoisotopic (exact) mass is 514 g/mol. The van der Waals surface area contributed by atoms with Gasteiger partial charge in [0.1, 0.15) is 5.60 Å². The molecule has 2 aromatic carbocycles. The summed E-state index contributed by atoms with van der Waals surface area (Å²) in [5.41, 5.74) is 5.22. The molecular weight excluding hydrogens is 476 g/mol. The van der Waals surface area contributed by atoms with Gasteiger partial charge in [0.15, 0.2) is 5.58 Å². The molecule has 38 heavy (non-hydrogen) atoms. The molecule has 0 unspecified atom stereocenters. The highest BCUT2D eigenvalue weighted by atomic mass is 16.6. The summed E-state index contributed by atoms with van der Waals surface area (Å²) in [6.07, 6.45) is 8.55. The van der Waals surface area contributed by atoms with Gasteiger partial charge in [-0.1, -0.05) is 29.4 Å². The van der Waals surface area contributed by atoms with Crippen molar-refractivity contribution < 1.29 is 14.1 Å². The fraction of sp³-hybridized carbons (Fsp3) is 0.452. The third-order valence-electron chi connectivity index (χ3n) is 6.96. The van der Waals surface area contributed by atoms with E-state index in [1.165, 1.54) is 5.56 Å². The molecule has 1 aliphatic heterocycles. The van der Waals surface area contributed by atoms with Crippen molar-refractivity contribution in [1.29, 1.82) is 5.26 Å². The number of aromatic nitrogens is 1. The van der Waals surface area contributed by atoms with Crippen LogP contribution in [0.5, 0.6) is 0 Å². The van der Waals surface area contributed by atoms with Crippen LogP contribution in [-0.4, -0.2) is 41.4 Å². The normalized spacial score (nSPS) is 14.7. The largest absolute Gasteiger partial charge is 0.444 e. The van der Waals surface area contributed by atoms with E-state index in [2.05, 4.69) is 34.8 Å². The highest BCUT2D eigenvalue weighted by molar-refractivity contribution is 5.93. The molecule has 0 spiro atoms. The molecule has 0 radical (unpaired) electrons. The number of likely N-dealkylation sites (tertiary alicyclic amines) is 1. The summed E-state index contributed by atoms with van der Waals surface area (Å²) in [5, 5.41) is 18.0. The lowest BCUT2D eigenvalue weighted by Crippen LogP contribution is -2.41. The van der Waals surface area contributed by atoms with Gasteiger partial charge in [-0.05, 0) is 95.5 Å². The van der Waals surface area contributed by atoms with Crippen molar-refractivity contribution in [3.8, 4) is 6.07 Å². The second-order valence-electron chi connectivity index (χ2n) is 11.0. The van der Waals surface area contributed by atoms with E-state index in [0.717, 1.165) is 79.7 Å². The number of nitrogens with one attached hydrogen (secondary N) is 1. The number of ether oxygens (including phenoxy) is 1. The second-order valence-corrected chi connectivity index (χ2v) is 11.0. The Hall–Kier alpha value is -3.79. The molecule has 1 saturated heterocycles. The van der Waals surface area contributed by atoms with Crippen LogP contribution < -0.4 is 5.32 Å². The van der Waals surface area contributed by atoms with Gasteiger partial charge in [0.05, 0.1) is 17.3 Å². The van der Waals surface area contributed by atoms with Crippen LogP contribution in [0.4, 0.5) is 10.5 Å². The summed E-state index contributed by atoms with van der Waals surface area (Å²) in [6.45, 7) is 9.95. The SMILES string of the molecule is C/C=C\c1c(NCCc2ccc(C#N)cc2)ccc2c(CCC3CCN(C(=O)OC(C)(C)C)CC3)noc12. The van der Waals surface area contributed by atoms with Crippen molar-refractivity contribution in [2.75, 3.05) is 25.0 Å². The second kappa shape index (κ2) is 12.2. The molecular formula is C31H38N4O3. The molecule has 1 amide bonds. The van der Waals surface area contributed by atoms with Crippen LogP contribution in [0.3, 0.4) is 0 Å². The standard InChI is InChI=1S/C31H38N4O3/c1-5-6-25-27(33-18-15-22-7-9-24(21-32)10-8-22)14-12-26-28(34-38-29(25)26)13-11-23-16-19-35(20-17-23)30(36)37-31(2,3)4/h5-10,12,14,23,33H,11,13,15-20H2,1-4H3/b6-5-. The zero-order chi connectivity index (χ0) is 27.1. The number of allylic oxidation sites excluding steroid dienone is 1. The number of benzene rings is 2. The molecule has 4 rings (SSSR count). The van der Waals surface area contributed by atoms with E-state index in [1.807, 2.05) is 62.9 Å². The minimum atomic E-state index is -0.464. The molecule has 2 heterocycles. The number of fused-ring (bicyclic) bond motifs is 1. The number of carbonyl (C=O) groups excluding carboxylic acids is 1. The van der Waals surface area contributed by atoms with Gasteiger partial charge >= 0.3 is 6.09 Å². The Bertz CT molecular complexity index is 1300. The first-order valence-electron chi connectivity index (χ1n) is 13.5. The Morgan fingerprint density at radius 1 is 1.18 bits per heavy atom. The average molecular weight is 515 g/mol. The zero-order valence-corrected chi connectivity index (χ0v) is 22.9. The van der Waals surface area contributed by atoms with Gasteiger partial charge in [-0.3, -0.25) is 0 Å². The molecule has 0 atom stereocenters. The summed E-state index contributed by atoms with van der Waals surface area (Å²) >= 11 is 0. The van der Waals surface area contributed by atoms with E-state index < -0.39 is 5.60 Å². The Morgan fingerprint density at radius 2 is 1.92 bits per heavy atom. The predicted octanol–water partition coefficient (Wildman–Crippen LogP) is 6.97. The van der Waals surface area contributed by atoms with Crippen molar-refractivity contribution in [3.05, 3.63) is 64.9 Å². The number of nitriles is 1. The van der Waals surface area contributed by atoms with Crippen LogP contribution in [0.1, 0.15) is 69.3 Å². The smallest absolute Gasteiger partial charge is 0.410 e. The minimum Gasteiger partial charge on any atom is -0.444 e. The molecule has 1 N–H and O–H groups in total. The predicted molar refractivity (Wildman–Crippen MR) is 151 cm³/mol. The number of aryl methyl sites for hydroxylation is 1. The third-order valence-corrected chi connectivity index (χ3v) is 6.96. The number of carbonyl (C=O) groups is 1. The maximum atomic E-state index is 12.3. The summed E-state index contributed by atoms with van der Waals surface area (Å²) < 4.78 is 11.4. The highest BCUT2D eigenvalue weighted by Crippen LogP contribution is 2.32. The van der Waals surface area contributed by atoms with Crippen molar-refractivity contribution in [2.24, 2.45) is 5.92 Å². The quantitative estimate of drug-likeness (QED) is 0.349. The molecule has 7 heteroatoms. The Labute approximate surface area is 225 Å². The lowest BCUT2D eigenvalue weighted by Gasteiger charge is -2.33. The van der Waals surface area contributed by atoms with Crippen LogP contribution in [0, 0.1) is 17.2 Å². The van der Waals surface area contributed by atoms with Crippen LogP contribution >= 0.6 is 0 Å². The van der Waals surface area contributed by atoms with E-state index in [0.29, 0.717) is 11.5 Å². The number of piperidine rings is 1. The fourth-order valence-corrected chi connectivity index (χ4v) is 4.90. The Morgan fingerprint density at radius 3 is 2.58 bits per heavy atom. The number of hydrogen-bond donors (Lipinski definition) is 1. The lowest BCUT2D eigenvalue weighted by molar-refractivity contribution is 0.0181. The van der Waals surface area contributed by atoms with Crippen LogP contribution in [-0.2, 0) is 17.6 Å². The van der Waals surface area contributed by atoms with Crippen molar-refractivity contribution in [2.45, 2.75) is 65.4 Å². The molecule has 7 nitrogen and oxygen atoms in total. The maximum Gasteiger partial charge on any atom is 0.410 e. The van der Waals surface area contributed by atoms with Crippen LogP contribution in [0.2, 0.25) is 0 Å². The summed E-state index contributed by atoms with van der Waals surface area (Å²) in [7, 11) is 0. The Kier molecular flexibility index (Phi) is 8.73. The van der Waals surface area contributed by atoms with Crippen LogP contribution in [0.25, 0.3) is 17.0 Å². The van der Waals surface area contributed by atoms with Crippen molar-refractivity contribution >= 4 is 28.8 Å². The molecule has 3 aromatic rings. The molecule has 1 fully saturated rings. The van der Waals surface area contributed by atoms with E-state index in [1.54, 1.807) is 0 Å². The minimum absolute atomic E-state index is 0.212. The molecule has 0 aliphatic carbocycles. The lowest BCUT2D eigenvalue weighted by atomic mass is 9.91. The highest BCUT2D eigenvalue weighted by Gasteiger charge is 2.27. The summed E-state index contributed by atoms with van der Waals surface area (Å²) in [6, 6.07) is 14.1. The van der Waals surface area contributed by atoms with Gasteiger partial charge in [-0.25, -0.2) is 4.79 Å². The van der Waals surface area contributed by atoms with Crippen molar-refractivity contribution in [1.82, 2.24) is 10.1 Å². The summed E-state index contributed by atoms with van der Waals surface area (Å²) in [5.74, 6) is 0.554. The van der Waals surface area contributed by atoms with E-state index in [9.17, 15) is 4.79 Å². The fourth-order valence-electron chi connectivity index (χ4n) is 4.90. The molecule has 0 bridgehead atoms. The number of nitrogens with zero attached hydrogens (tertiary/aromatic N) is 3. The van der Waals surface area contributed by atoms with E-state index in [4.69, 9.17) is 14.5 Å². The van der Waals surface area contributed by atoms with Crippen molar-refractivity contribution in [3.63, 3.8) is 0 Å². The van der Waals surface area contributed by atoms with Gasteiger partial charge < -0.3 is 19.5 Å². The van der Waals surface area contributed by atoms with E-state index >= 15 is 0 Å². The van der Waals surface area contributed by atoms with Gasteiger partial charge in [-0.2, -0.15) is 5.26 Å². The molecule has 1 aliphatic rings. The molecule has 1 aromatic heterocycles. The van der Waals surface area contributed by atoms with Gasteiger partial charge in [0, 0.05) is 36.3 Å². The summed E-state index contributed by atoms with van der Waals surface area (Å²) in [4.78, 5) is 14.2. The first-order chi connectivity index (χ1) is 18.3. The third kappa shape index (κ3) is 6.95. The van der Waals surface area contributed by atoms with Gasteiger partial charge in [-0.15, -0.1) is 0 Å².